The number of aryl methyl sites for hydroxylation is 2. The van der Waals surface area contributed by atoms with Crippen molar-refractivity contribution < 1.29 is 13.6 Å². The number of benzene rings is 1. The van der Waals surface area contributed by atoms with E-state index in [2.05, 4.69) is 10.2 Å². The minimum atomic E-state index is -1.73. The van der Waals surface area contributed by atoms with E-state index < -0.39 is 11.5 Å². The third kappa shape index (κ3) is 2.95. The summed E-state index contributed by atoms with van der Waals surface area (Å²) in [5, 5.41) is 8.01. The molecule has 1 aromatic heterocycles. The molecule has 1 aliphatic heterocycles. The molecule has 1 amide bonds. The number of carbonyl (C=O) groups excluding carboxylic acids is 1. The monoisotopic (exact) mass is 320 g/mol. The van der Waals surface area contributed by atoms with Gasteiger partial charge in [-0.1, -0.05) is 6.07 Å². The molecule has 0 aliphatic carbocycles. The van der Waals surface area contributed by atoms with Gasteiger partial charge in [0.1, 0.15) is 5.82 Å². The average molecular weight is 320 g/mol. The Morgan fingerprint density at radius 3 is 2.83 bits per heavy atom. The zero-order chi connectivity index (χ0) is 16.6. The summed E-state index contributed by atoms with van der Waals surface area (Å²) < 4.78 is 28.7. The average Bonchev–Trinajstić information content (AvgIpc) is 3.13. The highest BCUT2D eigenvalue weighted by molar-refractivity contribution is 5.92. The summed E-state index contributed by atoms with van der Waals surface area (Å²) in [4.78, 5) is 15.2. The molecular formula is C16H18F2N4O. The molecule has 2 heterocycles. The van der Waals surface area contributed by atoms with Crippen LogP contribution in [0.5, 0.6) is 0 Å². The van der Waals surface area contributed by atoms with Gasteiger partial charge in [0.05, 0.1) is 19.3 Å². The number of carbonyl (C=O) groups is 1. The van der Waals surface area contributed by atoms with Crippen molar-refractivity contribution in [2.45, 2.75) is 32.5 Å². The lowest BCUT2D eigenvalue weighted by molar-refractivity contribution is 0.0744. The third-order valence-electron chi connectivity index (χ3n) is 4.10. The van der Waals surface area contributed by atoms with Gasteiger partial charge in [-0.25, -0.2) is 8.78 Å². The lowest BCUT2D eigenvalue weighted by Crippen LogP contribution is -2.32. The number of rotatable bonds is 3. The first-order valence-electron chi connectivity index (χ1n) is 7.57. The number of nitrogens with zero attached hydrogens (tertiary/aromatic N) is 4. The summed E-state index contributed by atoms with van der Waals surface area (Å²) >= 11 is 0. The Kier molecular flexibility index (Phi) is 3.87. The highest BCUT2D eigenvalue weighted by Crippen LogP contribution is 2.37. The van der Waals surface area contributed by atoms with E-state index in [4.69, 9.17) is 0 Å². The van der Waals surface area contributed by atoms with Crippen LogP contribution in [0.2, 0.25) is 0 Å². The van der Waals surface area contributed by atoms with Crippen molar-refractivity contribution in [2.24, 2.45) is 0 Å². The van der Waals surface area contributed by atoms with Crippen LogP contribution in [-0.4, -0.2) is 38.9 Å². The summed E-state index contributed by atoms with van der Waals surface area (Å²) in [6, 6.07) is 4.19. The van der Waals surface area contributed by atoms with E-state index >= 15 is 4.39 Å². The number of hydrogen-bond donors (Lipinski definition) is 0. The number of likely N-dealkylation sites (tertiary alicyclic amines) is 1. The molecule has 0 N–H and O–H groups in total. The van der Waals surface area contributed by atoms with E-state index in [1.54, 1.807) is 13.0 Å². The van der Waals surface area contributed by atoms with Crippen LogP contribution < -0.4 is 0 Å². The molecule has 1 aromatic carbocycles. The van der Waals surface area contributed by atoms with Crippen molar-refractivity contribution in [3.8, 4) is 0 Å². The van der Waals surface area contributed by atoms with Crippen molar-refractivity contribution in [3.05, 3.63) is 47.0 Å². The molecule has 1 atom stereocenters. The van der Waals surface area contributed by atoms with E-state index in [0.717, 1.165) is 0 Å². The number of hydrogen-bond acceptors (Lipinski definition) is 3. The molecule has 5 nitrogen and oxygen atoms in total. The first-order valence-corrected chi connectivity index (χ1v) is 7.57. The molecule has 1 aliphatic rings. The van der Waals surface area contributed by atoms with Gasteiger partial charge in [-0.15, -0.1) is 5.10 Å². The van der Waals surface area contributed by atoms with Gasteiger partial charge < -0.3 is 4.90 Å². The Labute approximate surface area is 132 Å². The maximum absolute atomic E-state index is 15.2. The van der Waals surface area contributed by atoms with E-state index in [-0.39, 0.29) is 36.7 Å². The zero-order valence-electron chi connectivity index (χ0n) is 13.1. The SMILES string of the molecule is CCn1ncc(C(=O)N2CCC(F)(c3cc(C)cc(F)c3)C2)n1. The minimum absolute atomic E-state index is 0.103. The fourth-order valence-electron chi connectivity index (χ4n) is 2.89. The minimum Gasteiger partial charge on any atom is -0.333 e. The zero-order valence-corrected chi connectivity index (χ0v) is 13.1. The highest BCUT2D eigenvalue weighted by atomic mass is 19.1. The van der Waals surface area contributed by atoms with Crippen LogP contribution >= 0.6 is 0 Å². The summed E-state index contributed by atoms with van der Waals surface area (Å²) in [6.07, 6.45) is 1.53. The van der Waals surface area contributed by atoms with Gasteiger partial charge in [0.25, 0.3) is 5.91 Å². The van der Waals surface area contributed by atoms with Gasteiger partial charge >= 0.3 is 0 Å². The first-order chi connectivity index (χ1) is 10.9. The number of aromatic nitrogens is 3. The molecule has 0 spiro atoms. The summed E-state index contributed by atoms with van der Waals surface area (Å²) in [7, 11) is 0. The van der Waals surface area contributed by atoms with Crippen LogP contribution in [0.15, 0.2) is 24.4 Å². The molecule has 122 valence electrons. The lowest BCUT2D eigenvalue weighted by Gasteiger charge is -2.21. The molecular weight excluding hydrogens is 302 g/mol. The molecule has 0 saturated carbocycles. The van der Waals surface area contributed by atoms with Crippen LogP contribution in [0, 0.1) is 12.7 Å². The molecule has 2 aromatic rings. The van der Waals surface area contributed by atoms with Crippen LogP contribution in [0.25, 0.3) is 0 Å². The smallest absolute Gasteiger partial charge is 0.276 e. The van der Waals surface area contributed by atoms with Gasteiger partial charge in [0.2, 0.25) is 0 Å². The van der Waals surface area contributed by atoms with Gasteiger partial charge in [0, 0.05) is 13.0 Å². The predicted octanol–water partition coefficient (Wildman–Crippen LogP) is 2.46. The van der Waals surface area contributed by atoms with Crippen LogP contribution in [0.1, 0.15) is 35.0 Å². The van der Waals surface area contributed by atoms with Gasteiger partial charge in [-0.05, 0) is 37.1 Å². The van der Waals surface area contributed by atoms with Gasteiger partial charge in [-0.2, -0.15) is 9.90 Å². The maximum Gasteiger partial charge on any atom is 0.276 e. The van der Waals surface area contributed by atoms with E-state index in [9.17, 15) is 9.18 Å². The van der Waals surface area contributed by atoms with Crippen molar-refractivity contribution in [1.82, 2.24) is 19.9 Å². The van der Waals surface area contributed by atoms with Crippen LogP contribution in [0.4, 0.5) is 8.78 Å². The van der Waals surface area contributed by atoms with Gasteiger partial charge in [0.15, 0.2) is 11.4 Å². The standard InChI is InChI=1S/C16H18F2N4O/c1-3-22-19-9-14(20-22)15(23)21-5-4-16(18,10-21)12-6-11(2)7-13(17)8-12/h6-9H,3-5,10H2,1-2H3. The molecule has 1 saturated heterocycles. The van der Waals surface area contributed by atoms with Crippen LogP contribution in [-0.2, 0) is 12.2 Å². The Hall–Kier alpha value is -2.31. The highest BCUT2D eigenvalue weighted by Gasteiger charge is 2.42. The second kappa shape index (κ2) is 5.72. The van der Waals surface area contributed by atoms with Crippen molar-refractivity contribution in [3.63, 3.8) is 0 Å². The Balaban J connectivity index is 1.80. The van der Waals surface area contributed by atoms with Crippen molar-refractivity contribution >= 4 is 5.91 Å². The molecule has 3 rings (SSSR count). The molecule has 0 bridgehead atoms. The Bertz CT molecular complexity index is 725. The number of alkyl halides is 1. The number of amides is 1. The summed E-state index contributed by atoms with van der Waals surface area (Å²) in [6.45, 7) is 4.31. The van der Waals surface area contributed by atoms with E-state index in [1.165, 1.54) is 28.0 Å². The second-order valence-corrected chi connectivity index (χ2v) is 5.88. The van der Waals surface area contributed by atoms with Crippen LogP contribution in [0.3, 0.4) is 0 Å². The van der Waals surface area contributed by atoms with Crippen molar-refractivity contribution in [1.29, 1.82) is 0 Å². The quantitative estimate of drug-likeness (QED) is 0.873. The number of halogens is 2. The fourth-order valence-corrected chi connectivity index (χ4v) is 2.89. The topological polar surface area (TPSA) is 51.0 Å². The Morgan fingerprint density at radius 1 is 1.39 bits per heavy atom. The van der Waals surface area contributed by atoms with E-state index in [0.29, 0.717) is 12.1 Å². The summed E-state index contributed by atoms with van der Waals surface area (Å²) in [5.74, 6) is -0.815. The lowest BCUT2D eigenvalue weighted by atomic mass is 9.93. The third-order valence-corrected chi connectivity index (χ3v) is 4.10. The largest absolute Gasteiger partial charge is 0.333 e. The molecule has 0 radical (unpaired) electrons. The summed E-state index contributed by atoms with van der Waals surface area (Å²) in [5.41, 5.74) is -0.592. The Morgan fingerprint density at radius 2 is 2.17 bits per heavy atom. The van der Waals surface area contributed by atoms with Gasteiger partial charge in [-0.3, -0.25) is 4.79 Å². The van der Waals surface area contributed by atoms with Crippen molar-refractivity contribution in [2.75, 3.05) is 13.1 Å². The normalized spacial score (nSPS) is 21.0. The molecule has 1 fully saturated rings. The molecule has 7 heteroatoms. The van der Waals surface area contributed by atoms with E-state index in [1.807, 2.05) is 6.92 Å². The fraction of sp³-hybridized carbons (Fsp3) is 0.438. The second-order valence-electron chi connectivity index (χ2n) is 5.88. The molecule has 23 heavy (non-hydrogen) atoms. The predicted molar refractivity (Wildman–Crippen MR) is 80.1 cm³/mol. The maximum atomic E-state index is 15.2. The first kappa shape index (κ1) is 15.6. The molecule has 1 unspecified atom stereocenters.